The molecule has 3 amide bonds. The van der Waals surface area contributed by atoms with Gasteiger partial charge in [-0.15, -0.1) is 0 Å². The number of nitrogens with zero attached hydrogens (tertiary/aromatic N) is 1. The fourth-order valence-electron chi connectivity index (χ4n) is 3.39. The minimum absolute atomic E-state index is 0.0532. The van der Waals surface area contributed by atoms with Crippen LogP contribution in [0.1, 0.15) is 31.2 Å². The highest BCUT2D eigenvalue weighted by Crippen LogP contribution is 2.26. The number of primary amides is 1. The molecule has 184 valence electrons. The highest BCUT2D eigenvalue weighted by atomic mass is 35.5. The van der Waals surface area contributed by atoms with Crippen LogP contribution in [0, 0.1) is 0 Å². The normalized spacial score (nSPS) is 19.3. The molecule has 0 radical (unpaired) electrons. The summed E-state index contributed by atoms with van der Waals surface area (Å²) in [6.45, 7) is 0.184. The Morgan fingerprint density at radius 1 is 1.30 bits per heavy atom. The predicted molar refractivity (Wildman–Crippen MR) is 119 cm³/mol. The van der Waals surface area contributed by atoms with Crippen LogP contribution in [-0.4, -0.2) is 67.4 Å². The number of rotatable bonds is 11. The maximum atomic E-state index is 12.7. The van der Waals surface area contributed by atoms with Crippen LogP contribution in [0.5, 0.6) is 5.75 Å². The van der Waals surface area contributed by atoms with E-state index in [9.17, 15) is 27.9 Å². The molecule has 0 unspecified atom stereocenters. The Labute approximate surface area is 196 Å². The lowest BCUT2D eigenvalue weighted by Gasteiger charge is -2.22. The molecule has 14 heteroatoms. The van der Waals surface area contributed by atoms with Gasteiger partial charge in [0.25, 0.3) is 5.91 Å². The van der Waals surface area contributed by atoms with Gasteiger partial charge in [-0.05, 0) is 37.1 Å². The first-order chi connectivity index (χ1) is 15.4. The molecule has 3 atom stereocenters. The van der Waals surface area contributed by atoms with Gasteiger partial charge in [-0.2, -0.15) is 8.42 Å². The van der Waals surface area contributed by atoms with E-state index in [4.69, 9.17) is 33.0 Å². The van der Waals surface area contributed by atoms with Crippen molar-refractivity contribution in [2.75, 3.05) is 13.1 Å². The van der Waals surface area contributed by atoms with Crippen LogP contribution >= 0.6 is 11.6 Å². The van der Waals surface area contributed by atoms with E-state index < -0.39 is 46.2 Å². The first-order valence-corrected chi connectivity index (χ1v) is 12.0. The summed E-state index contributed by atoms with van der Waals surface area (Å²) in [6.07, 6.45) is -0.00468. The van der Waals surface area contributed by atoms with Crippen molar-refractivity contribution in [1.82, 2.24) is 9.62 Å². The molecule has 1 aromatic rings. The van der Waals surface area contributed by atoms with Crippen molar-refractivity contribution < 1.29 is 32.1 Å². The number of aromatic hydroxyl groups is 1. The monoisotopic (exact) mass is 505 g/mol. The van der Waals surface area contributed by atoms with Crippen LogP contribution in [0.25, 0.3) is 0 Å². The number of carbonyl (C=O) groups excluding carboxylic acids is 3. The second-order valence-electron chi connectivity index (χ2n) is 7.69. The summed E-state index contributed by atoms with van der Waals surface area (Å²) in [7, 11) is -4.55. The molecule has 1 aromatic carbocycles. The zero-order chi connectivity index (χ0) is 24.8. The van der Waals surface area contributed by atoms with Crippen LogP contribution in [0.2, 0.25) is 5.02 Å². The fourth-order valence-corrected chi connectivity index (χ4v) is 4.54. The number of nitrogens with one attached hydrogen (secondary N) is 1. The SMILES string of the molecule is NCCCC[C@H](N)C(=O)NS(=O)(=O)O[C@@H]1C[C@@H](C(N)=O)N(C(=O)Cc2ccc(O)c(Cl)c2)C1. The van der Waals surface area contributed by atoms with Crippen molar-refractivity contribution in [2.45, 2.75) is 50.3 Å². The van der Waals surface area contributed by atoms with Crippen LogP contribution in [0.3, 0.4) is 0 Å². The molecule has 1 saturated heterocycles. The summed E-state index contributed by atoms with van der Waals surface area (Å²) < 4.78 is 31.3. The van der Waals surface area contributed by atoms with Crippen LogP contribution in [0.4, 0.5) is 0 Å². The van der Waals surface area contributed by atoms with E-state index in [-0.39, 0.29) is 36.6 Å². The molecular formula is C19H28ClN5O7S. The first kappa shape index (κ1) is 26.8. The lowest BCUT2D eigenvalue weighted by atomic mass is 10.1. The Kier molecular flexibility index (Phi) is 9.43. The Morgan fingerprint density at radius 3 is 2.61 bits per heavy atom. The molecule has 0 aromatic heterocycles. The van der Waals surface area contributed by atoms with E-state index in [0.29, 0.717) is 24.9 Å². The van der Waals surface area contributed by atoms with Gasteiger partial charge in [-0.3, -0.25) is 14.4 Å². The van der Waals surface area contributed by atoms with E-state index >= 15 is 0 Å². The summed E-state index contributed by atoms with van der Waals surface area (Å²) in [5, 5.41) is 9.55. The van der Waals surface area contributed by atoms with Crippen molar-refractivity contribution >= 4 is 39.6 Å². The fraction of sp³-hybridized carbons (Fsp3) is 0.526. The number of phenols is 1. The molecule has 2 rings (SSSR count). The zero-order valence-corrected chi connectivity index (χ0v) is 19.3. The number of carbonyl (C=O) groups is 3. The standard InChI is InChI=1S/C19H28ClN5O7S/c20-13-7-11(4-5-16(13)26)8-17(27)25-10-12(9-15(25)18(23)28)32-33(30,31)24-19(29)14(22)3-1-2-6-21/h4-5,7,12,14-15,26H,1-3,6,8-10,21-22H2,(H2,23,28)(H,24,29)/t12-,14+,15+/m1/s1. The quantitative estimate of drug-likeness (QED) is 0.230. The van der Waals surface area contributed by atoms with E-state index in [1.165, 1.54) is 18.2 Å². The van der Waals surface area contributed by atoms with Gasteiger partial charge in [-0.25, -0.2) is 8.91 Å². The summed E-state index contributed by atoms with van der Waals surface area (Å²) in [6, 6.07) is 2.04. The number of phenolic OH excluding ortho intramolecular Hbond substituents is 1. The Balaban J connectivity index is 2.01. The molecule has 1 heterocycles. The summed E-state index contributed by atoms with van der Waals surface area (Å²) in [5.74, 6) is -2.44. The molecule has 0 aliphatic carbocycles. The highest BCUT2D eigenvalue weighted by Gasteiger charge is 2.41. The summed E-state index contributed by atoms with van der Waals surface area (Å²) in [5.41, 5.74) is 16.9. The van der Waals surface area contributed by atoms with Crippen molar-refractivity contribution in [1.29, 1.82) is 0 Å². The van der Waals surface area contributed by atoms with Crippen molar-refractivity contribution in [3.8, 4) is 5.75 Å². The van der Waals surface area contributed by atoms with Gasteiger partial charge in [0, 0.05) is 13.0 Å². The maximum absolute atomic E-state index is 12.7. The number of hydrogen-bond acceptors (Lipinski definition) is 9. The van der Waals surface area contributed by atoms with Crippen LogP contribution in [-0.2, 0) is 35.3 Å². The molecular weight excluding hydrogens is 478 g/mol. The number of halogens is 1. The molecule has 33 heavy (non-hydrogen) atoms. The smallest absolute Gasteiger partial charge is 0.362 e. The van der Waals surface area contributed by atoms with Crippen LogP contribution in [0.15, 0.2) is 18.2 Å². The largest absolute Gasteiger partial charge is 0.506 e. The van der Waals surface area contributed by atoms with Crippen LogP contribution < -0.4 is 21.9 Å². The van der Waals surface area contributed by atoms with E-state index in [1.807, 2.05) is 0 Å². The van der Waals surface area contributed by atoms with E-state index in [2.05, 4.69) is 0 Å². The second kappa shape index (κ2) is 11.6. The Morgan fingerprint density at radius 2 is 2.00 bits per heavy atom. The van der Waals surface area contributed by atoms with Gasteiger partial charge in [0.2, 0.25) is 11.8 Å². The zero-order valence-electron chi connectivity index (χ0n) is 17.8. The number of hydrogen-bond donors (Lipinski definition) is 5. The Hall–Kier alpha value is -2.45. The number of nitrogens with two attached hydrogens (primary N) is 3. The minimum Gasteiger partial charge on any atom is -0.506 e. The maximum Gasteiger partial charge on any atom is 0.362 e. The molecule has 0 spiro atoms. The molecule has 1 aliphatic heterocycles. The van der Waals surface area contributed by atoms with E-state index in [0.717, 1.165) is 4.90 Å². The molecule has 8 N–H and O–H groups in total. The van der Waals surface area contributed by atoms with Gasteiger partial charge in [-0.1, -0.05) is 24.1 Å². The summed E-state index contributed by atoms with van der Waals surface area (Å²) in [4.78, 5) is 37.7. The average molecular weight is 506 g/mol. The highest BCUT2D eigenvalue weighted by molar-refractivity contribution is 7.85. The third kappa shape index (κ3) is 7.82. The molecule has 0 bridgehead atoms. The molecule has 0 saturated carbocycles. The van der Waals surface area contributed by atoms with Gasteiger partial charge in [0.05, 0.1) is 23.6 Å². The van der Waals surface area contributed by atoms with Gasteiger partial charge >= 0.3 is 10.3 Å². The van der Waals surface area contributed by atoms with Gasteiger partial charge in [0.1, 0.15) is 11.8 Å². The lowest BCUT2D eigenvalue weighted by Crippen LogP contribution is -2.45. The summed E-state index contributed by atoms with van der Waals surface area (Å²) >= 11 is 5.85. The first-order valence-electron chi connectivity index (χ1n) is 10.2. The number of unbranched alkanes of at least 4 members (excludes halogenated alkanes) is 1. The van der Waals surface area contributed by atoms with Gasteiger partial charge in [0.15, 0.2) is 0 Å². The van der Waals surface area contributed by atoms with E-state index in [1.54, 1.807) is 4.72 Å². The molecule has 1 fully saturated rings. The third-order valence-electron chi connectivity index (χ3n) is 5.07. The molecule has 1 aliphatic rings. The predicted octanol–water partition coefficient (Wildman–Crippen LogP) is -1.12. The van der Waals surface area contributed by atoms with Crippen molar-refractivity contribution in [3.05, 3.63) is 28.8 Å². The number of amides is 3. The van der Waals surface area contributed by atoms with Crippen molar-refractivity contribution in [3.63, 3.8) is 0 Å². The minimum atomic E-state index is -4.55. The van der Waals surface area contributed by atoms with Gasteiger partial charge < -0.3 is 27.2 Å². The van der Waals surface area contributed by atoms with Crippen molar-refractivity contribution in [2.24, 2.45) is 17.2 Å². The third-order valence-corrected chi connectivity index (χ3v) is 6.35. The number of benzene rings is 1. The topological polar surface area (TPSA) is 208 Å². The Bertz CT molecular complexity index is 991. The lowest BCUT2D eigenvalue weighted by molar-refractivity contribution is -0.136. The molecule has 12 nitrogen and oxygen atoms in total. The second-order valence-corrected chi connectivity index (χ2v) is 9.40. The average Bonchev–Trinajstić information content (AvgIpc) is 3.14. The number of likely N-dealkylation sites (tertiary alicyclic amines) is 1.